The Balaban J connectivity index is 2.89. The summed E-state index contributed by atoms with van der Waals surface area (Å²) in [5.41, 5.74) is -0.334. The van der Waals surface area contributed by atoms with Crippen molar-refractivity contribution < 1.29 is 0 Å². The number of hydrogen-bond donors (Lipinski definition) is 0. The third kappa shape index (κ3) is 2.60. The molecular weight excluding hydrogens is 220 g/mol. The van der Waals surface area contributed by atoms with Crippen LogP contribution in [0.25, 0.3) is 0 Å². The van der Waals surface area contributed by atoms with Crippen LogP contribution in [-0.2, 0) is 6.42 Å². The Labute approximate surface area is 109 Å². The van der Waals surface area contributed by atoms with Gasteiger partial charge in [0.05, 0.1) is 12.1 Å². The summed E-state index contributed by atoms with van der Waals surface area (Å²) in [6, 6.07) is 14.3. The van der Waals surface area contributed by atoms with Crippen LogP contribution >= 0.6 is 0 Å². The topological polar surface area (TPSA) is 47.6 Å². The van der Waals surface area contributed by atoms with E-state index in [0.29, 0.717) is 0 Å². The highest BCUT2D eigenvalue weighted by atomic mass is 14.5. The monoisotopic (exact) mass is 238 g/mol. The lowest BCUT2D eigenvalue weighted by Gasteiger charge is -2.34. The van der Waals surface area contributed by atoms with Crippen molar-refractivity contribution >= 4 is 0 Å². The zero-order valence-corrected chi connectivity index (χ0v) is 11.0. The van der Waals surface area contributed by atoms with Gasteiger partial charge in [0.15, 0.2) is 0 Å². The van der Waals surface area contributed by atoms with Gasteiger partial charge in [0, 0.05) is 5.41 Å². The summed E-state index contributed by atoms with van der Waals surface area (Å²) in [6.45, 7) is 7.41. The molecule has 0 radical (unpaired) electrons. The molecule has 1 aromatic rings. The third-order valence-electron chi connectivity index (χ3n) is 3.82. The number of allylic oxidation sites excluding steroid dienone is 1. The van der Waals surface area contributed by atoms with Crippen LogP contribution in [0.2, 0.25) is 0 Å². The number of hydrogen-bond acceptors (Lipinski definition) is 2. The van der Waals surface area contributed by atoms with Crippen LogP contribution in [0.3, 0.4) is 0 Å². The van der Waals surface area contributed by atoms with Gasteiger partial charge in [0.1, 0.15) is 5.41 Å². The lowest BCUT2D eigenvalue weighted by atomic mass is 9.64. The average molecular weight is 238 g/mol. The maximum absolute atomic E-state index is 9.23. The maximum atomic E-state index is 9.23. The zero-order valence-electron chi connectivity index (χ0n) is 11.0. The van der Waals surface area contributed by atoms with Gasteiger partial charge >= 0.3 is 0 Å². The Hall–Kier alpha value is -2.06. The number of aryl methyl sites for hydroxylation is 1. The molecular formula is C16H18N2. The highest BCUT2D eigenvalue weighted by Crippen LogP contribution is 2.42. The van der Waals surface area contributed by atoms with Crippen LogP contribution in [0.4, 0.5) is 0 Å². The first-order valence-electron chi connectivity index (χ1n) is 6.01. The van der Waals surface area contributed by atoms with Crippen molar-refractivity contribution in [1.82, 2.24) is 0 Å². The van der Waals surface area contributed by atoms with Gasteiger partial charge in [-0.15, -0.1) is 6.58 Å². The van der Waals surface area contributed by atoms with Crippen LogP contribution in [0, 0.1) is 33.5 Å². The van der Waals surface area contributed by atoms with Crippen molar-refractivity contribution in [2.24, 2.45) is 10.8 Å². The summed E-state index contributed by atoms with van der Waals surface area (Å²) >= 11 is 0. The molecule has 2 nitrogen and oxygen atoms in total. The van der Waals surface area contributed by atoms with Gasteiger partial charge in [-0.1, -0.05) is 43.3 Å². The van der Waals surface area contributed by atoms with Crippen molar-refractivity contribution in [1.29, 1.82) is 10.5 Å². The van der Waals surface area contributed by atoms with Crippen molar-refractivity contribution in [3.8, 4) is 12.1 Å². The predicted molar refractivity (Wildman–Crippen MR) is 72.4 cm³/mol. The van der Waals surface area contributed by atoms with Crippen molar-refractivity contribution in [2.75, 3.05) is 0 Å². The molecule has 0 N–H and O–H groups in total. The number of benzene rings is 1. The molecule has 1 atom stereocenters. The lowest BCUT2D eigenvalue weighted by molar-refractivity contribution is 0.240. The summed E-state index contributed by atoms with van der Waals surface area (Å²) in [7, 11) is 0. The molecule has 0 bridgehead atoms. The van der Waals surface area contributed by atoms with Crippen LogP contribution in [0.5, 0.6) is 0 Å². The maximum Gasteiger partial charge on any atom is 0.149 e. The predicted octanol–water partition coefficient (Wildman–Crippen LogP) is 3.86. The fraction of sp³-hybridized carbons (Fsp3) is 0.375. The second-order valence-corrected chi connectivity index (χ2v) is 4.96. The van der Waals surface area contributed by atoms with E-state index < -0.39 is 10.8 Å². The Morgan fingerprint density at radius 1 is 1.17 bits per heavy atom. The summed E-state index contributed by atoms with van der Waals surface area (Å²) in [5, 5.41) is 18.5. The van der Waals surface area contributed by atoms with Crippen molar-refractivity contribution in [3.63, 3.8) is 0 Å². The minimum absolute atomic E-state index is 0.508. The first-order valence-corrected chi connectivity index (χ1v) is 6.01. The fourth-order valence-electron chi connectivity index (χ4n) is 1.89. The van der Waals surface area contributed by atoms with Gasteiger partial charge in [-0.05, 0) is 25.3 Å². The molecule has 18 heavy (non-hydrogen) atoms. The molecule has 2 heteroatoms. The quantitative estimate of drug-likeness (QED) is 0.731. The number of rotatable bonds is 5. The molecule has 0 heterocycles. The van der Waals surface area contributed by atoms with Gasteiger partial charge in [-0.2, -0.15) is 10.5 Å². The van der Waals surface area contributed by atoms with E-state index in [4.69, 9.17) is 0 Å². The van der Waals surface area contributed by atoms with Crippen LogP contribution in [0.15, 0.2) is 43.0 Å². The Bertz CT molecular complexity index is 476. The van der Waals surface area contributed by atoms with Gasteiger partial charge < -0.3 is 0 Å². The smallest absolute Gasteiger partial charge is 0.149 e. The number of nitriles is 2. The molecule has 0 aliphatic carbocycles. The van der Waals surface area contributed by atoms with E-state index in [0.717, 1.165) is 12.8 Å². The van der Waals surface area contributed by atoms with E-state index in [1.54, 1.807) is 13.0 Å². The highest BCUT2D eigenvalue weighted by Gasteiger charge is 2.43. The SMILES string of the molecule is C=C[C@@](C)(CCc1ccccc1)C(C)(C#N)C#N. The molecule has 0 spiro atoms. The van der Waals surface area contributed by atoms with Crippen LogP contribution in [0.1, 0.15) is 25.8 Å². The molecule has 0 saturated heterocycles. The molecule has 0 aliphatic rings. The minimum Gasteiger partial charge on any atom is -0.197 e. The fourth-order valence-corrected chi connectivity index (χ4v) is 1.89. The molecule has 1 rings (SSSR count). The van der Waals surface area contributed by atoms with Gasteiger partial charge in [0.2, 0.25) is 0 Å². The molecule has 0 aromatic heterocycles. The first kappa shape index (κ1) is 14.0. The van der Waals surface area contributed by atoms with Gasteiger partial charge in [0.25, 0.3) is 0 Å². The highest BCUT2D eigenvalue weighted by molar-refractivity contribution is 5.24. The van der Waals surface area contributed by atoms with Crippen molar-refractivity contribution in [3.05, 3.63) is 48.6 Å². The van der Waals surface area contributed by atoms with Gasteiger partial charge in [-0.3, -0.25) is 0 Å². The van der Waals surface area contributed by atoms with E-state index in [-0.39, 0.29) is 0 Å². The molecule has 0 saturated carbocycles. The second-order valence-electron chi connectivity index (χ2n) is 4.96. The number of nitrogens with zero attached hydrogens (tertiary/aromatic N) is 2. The molecule has 0 amide bonds. The Kier molecular flexibility index (Phi) is 4.29. The van der Waals surface area contributed by atoms with E-state index >= 15 is 0 Å². The standard InChI is InChI=1S/C16H18N2/c1-4-15(2,16(3,12-17)13-18)11-10-14-8-6-5-7-9-14/h4-9H,1,10-11H2,2-3H3/t15-/m0/s1. The normalized spacial score (nSPS) is 14.0. The van der Waals surface area contributed by atoms with Crippen LogP contribution in [-0.4, -0.2) is 0 Å². The average Bonchev–Trinajstić information content (AvgIpc) is 2.44. The first-order chi connectivity index (χ1) is 8.51. The lowest BCUT2D eigenvalue weighted by Crippen LogP contribution is -2.34. The zero-order chi connectivity index (χ0) is 13.6. The molecule has 92 valence electrons. The van der Waals surface area contributed by atoms with E-state index in [1.807, 2.05) is 25.1 Å². The van der Waals surface area contributed by atoms with E-state index in [9.17, 15) is 10.5 Å². The van der Waals surface area contributed by atoms with Crippen molar-refractivity contribution in [2.45, 2.75) is 26.7 Å². The minimum atomic E-state index is -1.04. The Morgan fingerprint density at radius 3 is 2.17 bits per heavy atom. The summed E-state index contributed by atoms with van der Waals surface area (Å²) in [4.78, 5) is 0. The molecule has 1 aromatic carbocycles. The summed E-state index contributed by atoms with van der Waals surface area (Å²) in [5.74, 6) is 0. The second kappa shape index (κ2) is 5.52. The van der Waals surface area contributed by atoms with Gasteiger partial charge in [-0.25, -0.2) is 0 Å². The van der Waals surface area contributed by atoms with E-state index in [1.165, 1.54) is 5.56 Å². The molecule has 0 unspecified atom stereocenters. The summed E-state index contributed by atoms with van der Waals surface area (Å²) in [6.07, 6.45) is 3.31. The largest absolute Gasteiger partial charge is 0.197 e. The van der Waals surface area contributed by atoms with Crippen LogP contribution < -0.4 is 0 Å². The van der Waals surface area contributed by atoms with E-state index in [2.05, 4.69) is 30.9 Å². The summed E-state index contributed by atoms with van der Waals surface area (Å²) < 4.78 is 0. The Morgan fingerprint density at radius 2 is 1.72 bits per heavy atom. The molecule has 0 fully saturated rings. The molecule has 0 aliphatic heterocycles. The third-order valence-corrected chi connectivity index (χ3v) is 3.82.